The second-order valence-corrected chi connectivity index (χ2v) is 4.50. The minimum Gasteiger partial charge on any atom is -0.478 e. The van der Waals surface area contributed by atoms with Crippen molar-refractivity contribution in [1.82, 2.24) is 9.38 Å². The number of pyridine rings is 1. The molecule has 0 radical (unpaired) electrons. The number of imidazole rings is 1. The van der Waals surface area contributed by atoms with Crippen LogP contribution in [0.3, 0.4) is 0 Å². The molecule has 1 N–H and O–H groups in total. The number of anilines is 1. The lowest BCUT2D eigenvalue weighted by atomic mass is 10.3. The van der Waals surface area contributed by atoms with Crippen molar-refractivity contribution in [2.45, 2.75) is 20.3 Å². The average molecular weight is 273 g/mol. The van der Waals surface area contributed by atoms with Gasteiger partial charge in [0.1, 0.15) is 5.65 Å². The van der Waals surface area contributed by atoms with Crippen LogP contribution in [0.25, 0.3) is 11.7 Å². The van der Waals surface area contributed by atoms with Crippen LogP contribution < -0.4 is 4.90 Å². The number of hydrogen-bond acceptors (Lipinski definition) is 3. The molecule has 0 spiro atoms. The summed E-state index contributed by atoms with van der Waals surface area (Å²) in [4.78, 5) is 17.6. The van der Waals surface area contributed by atoms with Crippen molar-refractivity contribution in [3.05, 3.63) is 36.2 Å². The van der Waals surface area contributed by atoms with E-state index < -0.39 is 5.97 Å². The smallest absolute Gasteiger partial charge is 0.328 e. The minimum atomic E-state index is -0.958. The van der Waals surface area contributed by atoms with E-state index in [1.807, 2.05) is 28.8 Å². The summed E-state index contributed by atoms with van der Waals surface area (Å²) in [5.74, 6) is -0.126. The van der Waals surface area contributed by atoms with E-state index in [1.54, 1.807) is 6.08 Å². The van der Waals surface area contributed by atoms with Crippen molar-refractivity contribution in [3.8, 4) is 0 Å². The van der Waals surface area contributed by atoms with Gasteiger partial charge in [0.25, 0.3) is 0 Å². The summed E-state index contributed by atoms with van der Waals surface area (Å²) in [6.07, 6.45) is 5.67. The van der Waals surface area contributed by atoms with Crippen LogP contribution in [-0.4, -0.2) is 33.6 Å². The molecule has 0 aromatic carbocycles. The highest BCUT2D eigenvalue weighted by Crippen LogP contribution is 2.23. The molecule has 2 heterocycles. The Kier molecular flexibility index (Phi) is 4.40. The predicted octanol–water partition coefficient (Wildman–Crippen LogP) is 2.67. The number of carboxylic acids is 1. The lowest BCUT2D eigenvalue weighted by molar-refractivity contribution is -0.131. The lowest BCUT2D eigenvalue weighted by Gasteiger charge is -2.20. The van der Waals surface area contributed by atoms with Crippen LogP contribution in [0, 0.1) is 0 Å². The Morgan fingerprint density at radius 3 is 2.90 bits per heavy atom. The van der Waals surface area contributed by atoms with E-state index in [4.69, 9.17) is 5.11 Å². The summed E-state index contributed by atoms with van der Waals surface area (Å²) < 4.78 is 1.91. The molecule has 5 heteroatoms. The van der Waals surface area contributed by atoms with Gasteiger partial charge in [0.2, 0.25) is 0 Å². The van der Waals surface area contributed by atoms with Gasteiger partial charge < -0.3 is 10.0 Å². The maximum atomic E-state index is 10.8. The zero-order chi connectivity index (χ0) is 14.5. The quantitative estimate of drug-likeness (QED) is 0.822. The molecule has 0 saturated carbocycles. The topological polar surface area (TPSA) is 57.8 Å². The van der Waals surface area contributed by atoms with Crippen molar-refractivity contribution in [2.24, 2.45) is 0 Å². The number of aromatic nitrogens is 2. The SMILES string of the molecule is CCCN(CC)c1nc2ccccn2c1/C=C/C(=O)O. The van der Waals surface area contributed by atoms with E-state index in [0.29, 0.717) is 0 Å². The molecule has 0 unspecified atom stereocenters. The van der Waals surface area contributed by atoms with Crippen LogP contribution in [-0.2, 0) is 4.79 Å². The summed E-state index contributed by atoms with van der Waals surface area (Å²) >= 11 is 0. The molecule has 106 valence electrons. The summed E-state index contributed by atoms with van der Waals surface area (Å²) in [6.45, 7) is 5.93. The first-order valence-electron chi connectivity index (χ1n) is 6.80. The van der Waals surface area contributed by atoms with E-state index in [1.165, 1.54) is 0 Å². The van der Waals surface area contributed by atoms with Crippen molar-refractivity contribution in [3.63, 3.8) is 0 Å². The van der Waals surface area contributed by atoms with Crippen LogP contribution >= 0.6 is 0 Å². The maximum absolute atomic E-state index is 10.8. The molecule has 20 heavy (non-hydrogen) atoms. The molecule has 0 atom stereocenters. The van der Waals surface area contributed by atoms with Crippen LogP contribution in [0.15, 0.2) is 30.5 Å². The highest BCUT2D eigenvalue weighted by Gasteiger charge is 2.14. The zero-order valence-electron chi connectivity index (χ0n) is 11.8. The third-order valence-corrected chi connectivity index (χ3v) is 3.11. The van der Waals surface area contributed by atoms with Gasteiger partial charge in [-0.3, -0.25) is 4.40 Å². The average Bonchev–Trinajstić information content (AvgIpc) is 2.81. The van der Waals surface area contributed by atoms with Gasteiger partial charge in [0.05, 0.1) is 5.69 Å². The Bertz CT molecular complexity index is 631. The summed E-state index contributed by atoms with van der Waals surface area (Å²) in [5, 5.41) is 8.84. The molecule has 0 fully saturated rings. The number of nitrogens with zero attached hydrogens (tertiary/aromatic N) is 3. The van der Waals surface area contributed by atoms with Crippen molar-refractivity contribution >= 4 is 23.5 Å². The molecule has 0 aliphatic carbocycles. The number of carboxylic acid groups (broad SMARTS) is 1. The van der Waals surface area contributed by atoms with E-state index in [0.717, 1.165) is 42.7 Å². The Hall–Kier alpha value is -2.30. The Labute approximate surface area is 118 Å². The predicted molar refractivity (Wildman–Crippen MR) is 80.0 cm³/mol. The number of hydrogen-bond donors (Lipinski definition) is 1. The minimum absolute atomic E-state index is 0.804. The molecule has 5 nitrogen and oxygen atoms in total. The van der Waals surface area contributed by atoms with Gasteiger partial charge >= 0.3 is 5.97 Å². The van der Waals surface area contributed by atoms with Gasteiger partial charge in [-0.1, -0.05) is 13.0 Å². The number of fused-ring (bicyclic) bond motifs is 1. The second kappa shape index (κ2) is 6.23. The van der Waals surface area contributed by atoms with Crippen molar-refractivity contribution in [2.75, 3.05) is 18.0 Å². The van der Waals surface area contributed by atoms with Crippen LogP contribution in [0.2, 0.25) is 0 Å². The van der Waals surface area contributed by atoms with Gasteiger partial charge in [-0.25, -0.2) is 9.78 Å². The number of carbonyl (C=O) groups is 1. The van der Waals surface area contributed by atoms with Gasteiger partial charge in [-0.2, -0.15) is 0 Å². The van der Waals surface area contributed by atoms with Crippen molar-refractivity contribution < 1.29 is 9.90 Å². The summed E-state index contributed by atoms with van der Waals surface area (Å²) in [6, 6.07) is 5.75. The standard InChI is InChI=1S/C15H19N3O2/c1-3-10-17(4-2)15-12(8-9-14(19)20)18-11-6-5-7-13(18)16-15/h5-9,11H,3-4,10H2,1-2H3,(H,19,20)/b9-8+. The first-order valence-corrected chi connectivity index (χ1v) is 6.80. The molecule has 2 rings (SSSR count). The monoisotopic (exact) mass is 273 g/mol. The molecular weight excluding hydrogens is 254 g/mol. The second-order valence-electron chi connectivity index (χ2n) is 4.50. The molecule has 0 amide bonds. The first kappa shape index (κ1) is 14.1. The lowest BCUT2D eigenvalue weighted by Crippen LogP contribution is -2.24. The largest absolute Gasteiger partial charge is 0.478 e. The molecule has 2 aromatic rings. The fourth-order valence-electron chi connectivity index (χ4n) is 2.22. The molecule has 0 bridgehead atoms. The van der Waals surface area contributed by atoms with Gasteiger partial charge in [0, 0.05) is 25.4 Å². The summed E-state index contributed by atoms with van der Waals surface area (Å²) in [7, 11) is 0. The Morgan fingerprint density at radius 1 is 1.45 bits per heavy atom. The van der Waals surface area contributed by atoms with Crippen LogP contribution in [0.5, 0.6) is 0 Å². The molecule has 0 aliphatic heterocycles. The van der Waals surface area contributed by atoms with Crippen LogP contribution in [0.4, 0.5) is 5.82 Å². The Morgan fingerprint density at radius 2 is 2.25 bits per heavy atom. The van der Waals surface area contributed by atoms with E-state index in [9.17, 15) is 4.79 Å². The van der Waals surface area contributed by atoms with E-state index >= 15 is 0 Å². The molecule has 0 saturated heterocycles. The zero-order valence-corrected chi connectivity index (χ0v) is 11.8. The van der Waals surface area contributed by atoms with Gasteiger partial charge in [0.15, 0.2) is 5.82 Å². The molecule has 2 aromatic heterocycles. The van der Waals surface area contributed by atoms with Crippen molar-refractivity contribution in [1.29, 1.82) is 0 Å². The van der Waals surface area contributed by atoms with E-state index in [2.05, 4.69) is 23.7 Å². The highest BCUT2D eigenvalue weighted by molar-refractivity contribution is 5.86. The highest BCUT2D eigenvalue weighted by atomic mass is 16.4. The van der Waals surface area contributed by atoms with Gasteiger partial charge in [-0.15, -0.1) is 0 Å². The number of aliphatic carboxylic acids is 1. The van der Waals surface area contributed by atoms with E-state index in [-0.39, 0.29) is 0 Å². The van der Waals surface area contributed by atoms with Gasteiger partial charge in [-0.05, 0) is 31.6 Å². The fourth-order valence-corrected chi connectivity index (χ4v) is 2.22. The fraction of sp³-hybridized carbons (Fsp3) is 0.333. The molecular formula is C15H19N3O2. The molecule has 0 aliphatic rings. The summed E-state index contributed by atoms with van der Waals surface area (Å²) in [5.41, 5.74) is 1.63. The normalized spacial score (nSPS) is 11.3. The number of rotatable bonds is 6. The maximum Gasteiger partial charge on any atom is 0.328 e. The first-order chi connectivity index (χ1) is 9.67. The third kappa shape index (κ3) is 2.82. The Balaban J connectivity index is 2.56. The van der Waals surface area contributed by atoms with Crippen LogP contribution in [0.1, 0.15) is 26.0 Å². The third-order valence-electron chi connectivity index (χ3n) is 3.11.